The molecule has 2 saturated heterocycles. The second-order valence-corrected chi connectivity index (χ2v) is 7.02. The van der Waals surface area contributed by atoms with Gasteiger partial charge in [-0.25, -0.2) is 0 Å². The van der Waals surface area contributed by atoms with Gasteiger partial charge in [0.25, 0.3) is 5.91 Å². The maximum absolute atomic E-state index is 12.5. The van der Waals surface area contributed by atoms with Crippen molar-refractivity contribution in [3.05, 3.63) is 35.4 Å². The molecule has 7 nitrogen and oxygen atoms in total. The average Bonchev–Trinajstić information content (AvgIpc) is 3.11. The average molecular weight is 363 g/mol. The number of piperazine rings is 1. The second kappa shape index (κ2) is 7.88. The summed E-state index contributed by atoms with van der Waals surface area (Å²) in [4.78, 5) is 39.9. The van der Waals surface area contributed by atoms with Gasteiger partial charge in [0.05, 0.1) is 12.5 Å². The van der Waals surface area contributed by atoms with Gasteiger partial charge in [-0.1, -0.05) is 12.1 Å². The van der Waals surface area contributed by atoms with Crippen LogP contribution >= 0.6 is 11.8 Å². The van der Waals surface area contributed by atoms with Gasteiger partial charge in [0, 0.05) is 31.5 Å². The number of methoxy groups -OCH3 is 1. The van der Waals surface area contributed by atoms with Crippen LogP contribution in [0.25, 0.3) is 0 Å². The molecule has 1 aromatic rings. The molecule has 0 aromatic heterocycles. The molecule has 2 heterocycles. The van der Waals surface area contributed by atoms with E-state index >= 15 is 0 Å². The Morgan fingerprint density at radius 2 is 2.08 bits per heavy atom. The van der Waals surface area contributed by atoms with Gasteiger partial charge in [0.1, 0.15) is 12.6 Å². The van der Waals surface area contributed by atoms with Crippen LogP contribution in [0.4, 0.5) is 0 Å². The van der Waals surface area contributed by atoms with E-state index in [9.17, 15) is 14.4 Å². The van der Waals surface area contributed by atoms with E-state index in [-0.39, 0.29) is 30.3 Å². The van der Waals surface area contributed by atoms with Crippen LogP contribution in [0, 0.1) is 0 Å². The summed E-state index contributed by atoms with van der Waals surface area (Å²) in [7, 11) is 1.58. The third kappa shape index (κ3) is 3.96. The van der Waals surface area contributed by atoms with Crippen molar-refractivity contribution in [3.63, 3.8) is 0 Å². The highest BCUT2D eigenvalue weighted by Crippen LogP contribution is 2.26. The summed E-state index contributed by atoms with van der Waals surface area (Å²) < 4.78 is 4.90. The first-order valence-corrected chi connectivity index (χ1v) is 9.27. The van der Waals surface area contributed by atoms with Crippen LogP contribution in [0.5, 0.6) is 0 Å². The first-order valence-electron chi connectivity index (χ1n) is 8.12. The van der Waals surface area contributed by atoms with Crippen molar-refractivity contribution in [1.29, 1.82) is 0 Å². The number of nitrogens with one attached hydrogen (secondary N) is 1. The van der Waals surface area contributed by atoms with E-state index in [0.717, 1.165) is 5.56 Å². The smallest absolute Gasteiger partial charge is 0.251 e. The van der Waals surface area contributed by atoms with E-state index in [4.69, 9.17) is 4.74 Å². The number of amides is 3. The fraction of sp³-hybridized carbons (Fsp3) is 0.471. The van der Waals surface area contributed by atoms with Crippen molar-refractivity contribution in [2.24, 2.45) is 0 Å². The summed E-state index contributed by atoms with van der Waals surface area (Å²) in [5.74, 6) is 1.12. The molecular formula is C17H21N3O4S. The lowest BCUT2D eigenvalue weighted by Gasteiger charge is -2.35. The lowest BCUT2D eigenvalue weighted by atomic mass is 10.1. The fourth-order valence-electron chi connectivity index (χ4n) is 2.92. The van der Waals surface area contributed by atoms with Crippen molar-refractivity contribution < 1.29 is 19.1 Å². The number of thioether (sulfide) groups is 1. The second-order valence-electron chi connectivity index (χ2n) is 6.02. The van der Waals surface area contributed by atoms with Crippen LogP contribution in [0.1, 0.15) is 15.9 Å². The highest BCUT2D eigenvalue weighted by Gasteiger charge is 2.42. The topological polar surface area (TPSA) is 79.0 Å². The minimum absolute atomic E-state index is 0.00346. The molecule has 0 bridgehead atoms. The Bertz CT molecular complexity index is 664. The van der Waals surface area contributed by atoms with Gasteiger partial charge in [-0.3, -0.25) is 14.4 Å². The summed E-state index contributed by atoms with van der Waals surface area (Å²) in [6.07, 6.45) is 0. The summed E-state index contributed by atoms with van der Waals surface area (Å²) in [6.45, 7) is 1.42. The zero-order valence-electron chi connectivity index (χ0n) is 14.1. The van der Waals surface area contributed by atoms with Crippen molar-refractivity contribution in [2.75, 3.05) is 38.4 Å². The third-order valence-electron chi connectivity index (χ3n) is 4.31. The molecule has 8 heteroatoms. The van der Waals surface area contributed by atoms with Gasteiger partial charge in [-0.05, 0) is 17.7 Å². The first kappa shape index (κ1) is 17.8. The van der Waals surface area contributed by atoms with E-state index in [1.54, 1.807) is 40.8 Å². The molecule has 0 aliphatic carbocycles. The lowest BCUT2D eigenvalue weighted by molar-refractivity contribution is -0.153. The number of hydrogen-bond donors (Lipinski definition) is 1. The van der Waals surface area contributed by atoms with Crippen LogP contribution < -0.4 is 5.32 Å². The predicted octanol–water partition coefficient (Wildman–Crippen LogP) is 0.307. The van der Waals surface area contributed by atoms with Crippen molar-refractivity contribution in [1.82, 2.24) is 15.1 Å². The van der Waals surface area contributed by atoms with Crippen molar-refractivity contribution >= 4 is 29.5 Å². The molecule has 2 fully saturated rings. The van der Waals surface area contributed by atoms with Crippen molar-refractivity contribution in [2.45, 2.75) is 12.6 Å². The Hall–Kier alpha value is -2.06. The van der Waals surface area contributed by atoms with Crippen LogP contribution in [0.3, 0.4) is 0 Å². The molecular weight excluding hydrogens is 342 g/mol. The van der Waals surface area contributed by atoms with Gasteiger partial charge in [-0.2, -0.15) is 0 Å². The lowest BCUT2D eigenvalue weighted by Crippen LogP contribution is -2.57. The molecule has 0 spiro atoms. The zero-order chi connectivity index (χ0) is 17.8. The molecule has 3 rings (SSSR count). The molecule has 1 aromatic carbocycles. The van der Waals surface area contributed by atoms with Crippen LogP contribution in [-0.4, -0.2) is 72.0 Å². The standard InChI is InChI=1S/C17H21N3O4S/c1-24-7-6-18-16(22)13-4-2-12(3-5-13)8-19-9-15(21)20-11-25-10-14(20)17(19)23/h2-5,14H,6-11H2,1H3,(H,18,22). The number of rotatable bonds is 6. The number of fused-ring (bicyclic) bond motifs is 1. The fourth-order valence-corrected chi connectivity index (χ4v) is 4.09. The maximum Gasteiger partial charge on any atom is 0.251 e. The Balaban J connectivity index is 1.60. The predicted molar refractivity (Wildman–Crippen MR) is 94.0 cm³/mol. The minimum atomic E-state index is -0.322. The Labute approximate surface area is 150 Å². The van der Waals surface area contributed by atoms with Gasteiger partial charge in [-0.15, -0.1) is 11.8 Å². The first-order chi connectivity index (χ1) is 12.1. The van der Waals surface area contributed by atoms with E-state index in [1.165, 1.54) is 0 Å². The molecule has 2 aliphatic heterocycles. The quantitative estimate of drug-likeness (QED) is 0.736. The minimum Gasteiger partial charge on any atom is -0.383 e. The summed E-state index contributed by atoms with van der Waals surface area (Å²) >= 11 is 1.61. The molecule has 3 amide bonds. The largest absolute Gasteiger partial charge is 0.383 e. The molecule has 1 unspecified atom stereocenters. The van der Waals surface area contributed by atoms with E-state index < -0.39 is 0 Å². The molecule has 0 saturated carbocycles. The van der Waals surface area contributed by atoms with Crippen LogP contribution in [0.2, 0.25) is 0 Å². The number of carbonyl (C=O) groups is 3. The number of nitrogens with zero attached hydrogens (tertiary/aromatic N) is 2. The molecule has 2 aliphatic rings. The number of hydrogen-bond acceptors (Lipinski definition) is 5. The Kier molecular flexibility index (Phi) is 5.60. The van der Waals surface area contributed by atoms with Gasteiger partial charge in [0.15, 0.2) is 0 Å². The summed E-state index contributed by atoms with van der Waals surface area (Å²) in [5, 5.41) is 2.76. The van der Waals surface area contributed by atoms with Crippen molar-refractivity contribution in [3.8, 4) is 0 Å². The van der Waals surface area contributed by atoms with E-state index in [1.807, 2.05) is 12.1 Å². The number of benzene rings is 1. The molecule has 25 heavy (non-hydrogen) atoms. The highest BCUT2D eigenvalue weighted by atomic mass is 32.2. The van der Waals surface area contributed by atoms with Gasteiger partial charge >= 0.3 is 0 Å². The Morgan fingerprint density at radius 3 is 2.80 bits per heavy atom. The van der Waals surface area contributed by atoms with E-state index in [2.05, 4.69) is 5.32 Å². The normalized spacial score (nSPS) is 20.0. The van der Waals surface area contributed by atoms with Gasteiger partial charge in [0.2, 0.25) is 11.8 Å². The molecule has 1 N–H and O–H groups in total. The monoisotopic (exact) mass is 363 g/mol. The molecule has 134 valence electrons. The number of ether oxygens (including phenoxy) is 1. The summed E-state index contributed by atoms with van der Waals surface area (Å²) in [6, 6.07) is 6.77. The third-order valence-corrected chi connectivity index (χ3v) is 5.32. The maximum atomic E-state index is 12.5. The van der Waals surface area contributed by atoms with Gasteiger partial charge < -0.3 is 19.9 Å². The highest BCUT2D eigenvalue weighted by molar-refractivity contribution is 7.99. The molecule has 1 atom stereocenters. The van der Waals surface area contributed by atoms with Crippen LogP contribution in [-0.2, 0) is 20.9 Å². The zero-order valence-corrected chi connectivity index (χ0v) is 14.9. The van der Waals surface area contributed by atoms with E-state index in [0.29, 0.717) is 36.9 Å². The van der Waals surface area contributed by atoms with Crippen LogP contribution in [0.15, 0.2) is 24.3 Å². The Morgan fingerprint density at radius 1 is 1.32 bits per heavy atom. The number of carbonyl (C=O) groups excluding carboxylic acids is 3. The molecule has 0 radical (unpaired) electrons. The summed E-state index contributed by atoms with van der Waals surface area (Å²) in [5.41, 5.74) is 1.45. The SMILES string of the molecule is COCCNC(=O)c1ccc(CN2CC(=O)N3CSCC3C2=O)cc1.